The standard InChI is InChI=1S/C15H13N3O2/c1-11-2-7-15(13(8-11)9-16)17-10-12-3-5-14(6-4-12)18(19)20/h2-8,17H,10H2,1H3. The van der Waals surface area contributed by atoms with Crippen molar-refractivity contribution in [1.29, 1.82) is 5.26 Å². The highest BCUT2D eigenvalue weighted by Crippen LogP contribution is 2.18. The van der Waals surface area contributed by atoms with E-state index in [0.29, 0.717) is 12.1 Å². The first-order valence-corrected chi connectivity index (χ1v) is 6.08. The minimum atomic E-state index is -0.426. The van der Waals surface area contributed by atoms with E-state index in [0.717, 1.165) is 16.8 Å². The normalized spacial score (nSPS) is 9.80. The van der Waals surface area contributed by atoms with Crippen LogP contribution in [-0.2, 0) is 6.54 Å². The summed E-state index contributed by atoms with van der Waals surface area (Å²) in [5.74, 6) is 0. The highest BCUT2D eigenvalue weighted by molar-refractivity contribution is 5.58. The second-order valence-electron chi connectivity index (χ2n) is 4.44. The van der Waals surface area contributed by atoms with Gasteiger partial charge in [0, 0.05) is 18.7 Å². The van der Waals surface area contributed by atoms with Crippen LogP contribution in [0.2, 0.25) is 0 Å². The number of hydrogen-bond donors (Lipinski definition) is 1. The average molecular weight is 267 g/mol. The number of nitrogens with zero attached hydrogens (tertiary/aromatic N) is 2. The van der Waals surface area contributed by atoms with Crippen LogP contribution in [0.15, 0.2) is 42.5 Å². The second kappa shape index (κ2) is 5.85. The fraction of sp³-hybridized carbons (Fsp3) is 0.133. The van der Waals surface area contributed by atoms with E-state index in [9.17, 15) is 10.1 Å². The third-order valence-corrected chi connectivity index (χ3v) is 2.93. The van der Waals surface area contributed by atoms with Gasteiger partial charge in [0.1, 0.15) is 6.07 Å². The highest BCUT2D eigenvalue weighted by atomic mass is 16.6. The van der Waals surface area contributed by atoms with Crippen molar-refractivity contribution in [3.05, 3.63) is 69.3 Å². The van der Waals surface area contributed by atoms with Gasteiger partial charge in [-0.25, -0.2) is 0 Å². The van der Waals surface area contributed by atoms with Crippen LogP contribution in [0.5, 0.6) is 0 Å². The first kappa shape index (κ1) is 13.6. The Morgan fingerprint density at radius 3 is 2.55 bits per heavy atom. The molecular weight excluding hydrogens is 254 g/mol. The monoisotopic (exact) mass is 267 g/mol. The Morgan fingerprint density at radius 2 is 1.95 bits per heavy atom. The smallest absolute Gasteiger partial charge is 0.269 e. The van der Waals surface area contributed by atoms with E-state index in [-0.39, 0.29) is 5.69 Å². The van der Waals surface area contributed by atoms with Gasteiger partial charge < -0.3 is 5.32 Å². The van der Waals surface area contributed by atoms with Gasteiger partial charge in [-0.05, 0) is 30.2 Å². The van der Waals surface area contributed by atoms with Gasteiger partial charge in [0.2, 0.25) is 0 Å². The molecule has 0 atom stereocenters. The molecule has 0 fully saturated rings. The van der Waals surface area contributed by atoms with E-state index in [1.54, 1.807) is 12.1 Å². The Bertz CT molecular complexity index is 673. The molecule has 2 aromatic carbocycles. The number of nitriles is 1. The summed E-state index contributed by atoms with van der Waals surface area (Å²) in [4.78, 5) is 10.1. The van der Waals surface area contributed by atoms with Crippen LogP contribution < -0.4 is 5.32 Å². The molecule has 100 valence electrons. The predicted molar refractivity (Wildman–Crippen MR) is 76.3 cm³/mol. The van der Waals surface area contributed by atoms with Crippen LogP contribution in [0.25, 0.3) is 0 Å². The maximum absolute atomic E-state index is 10.6. The molecule has 0 radical (unpaired) electrons. The van der Waals surface area contributed by atoms with Gasteiger partial charge in [-0.3, -0.25) is 10.1 Å². The van der Waals surface area contributed by atoms with Crippen LogP contribution in [0.3, 0.4) is 0 Å². The number of nitro benzene ring substituents is 1. The summed E-state index contributed by atoms with van der Waals surface area (Å²) in [5, 5.41) is 22.8. The molecule has 0 spiro atoms. The molecule has 0 aliphatic rings. The second-order valence-corrected chi connectivity index (χ2v) is 4.44. The Balaban J connectivity index is 2.09. The lowest BCUT2D eigenvalue weighted by Gasteiger charge is -2.08. The van der Waals surface area contributed by atoms with E-state index in [4.69, 9.17) is 5.26 Å². The van der Waals surface area contributed by atoms with Crippen molar-refractivity contribution in [1.82, 2.24) is 0 Å². The van der Waals surface area contributed by atoms with Crippen molar-refractivity contribution in [3.8, 4) is 6.07 Å². The van der Waals surface area contributed by atoms with E-state index >= 15 is 0 Å². The third kappa shape index (κ3) is 3.12. The van der Waals surface area contributed by atoms with E-state index in [1.807, 2.05) is 25.1 Å². The number of nitrogens with one attached hydrogen (secondary N) is 1. The van der Waals surface area contributed by atoms with Crippen molar-refractivity contribution in [2.75, 3.05) is 5.32 Å². The van der Waals surface area contributed by atoms with E-state index < -0.39 is 4.92 Å². The topological polar surface area (TPSA) is 79.0 Å². The molecule has 0 unspecified atom stereocenters. The molecule has 0 bridgehead atoms. The summed E-state index contributed by atoms with van der Waals surface area (Å²) < 4.78 is 0. The van der Waals surface area contributed by atoms with Crippen molar-refractivity contribution in [3.63, 3.8) is 0 Å². The fourth-order valence-electron chi connectivity index (χ4n) is 1.84. The quantitative estimate of drug-likeness (QED) is 0.680. The number of nitro groups is 1. The average Bonchev–Trinajstić information content (AvgIpc) is 2.46. The fourth-order valence-corrected chi connectivity index (χ4v) is 1.84. The largest absolute Gasteiger partial charge is 0.380 e. The number of benzene rings is 2. The van der Waals surface area contributed by atoms with Crippen molar-refractivity contribution in [2.45, 2.75) is 13.5 Å². The molecule has 1 N–H and O–H groups in total. The van der Waals surface area contributed by atoms with Crippen LogP contribution in [-0.4, -0.2) is 4.92 Å². The minimum Gasteiger partial charge on any atom is -0.380 e. The summed E-state index contributed by atoms with van der Waals surface area (Å²) in [6.07, 6.45) is 0. The summed E-state index contributed by atoms with van der Waals surface area (Å²) in [7, 11) is 0. The number of rotatable bonds is 4. The summed E-state index contributed by atoms with van der Waals surface area (Å²) in [5.41, 5.74) is 3.37. The van der Waals surface area contributed by atoms with Crippen molar-refractivity contribution >= 4 is 11.4 Å². The molecule has 0 amide bonds. The van der Waals surface area contributed by atoms with Crippen LogP contribution >= 0.6 is 0 Å². The first-order valence-electron chi connectivity index (χ1n) is 6.08. The Hall–Kier alpha value is -2.87. The molecule has 0 saturated carbocycles. The molecule has 5 heteroatoms. The lowest BCUT2D eigenvalue weighted by Crippen LogP contribution is -2.01. The highest BCUT2D eigenvalue weighted by Gasteiger charge is 2.05. The molecular formula is C15H13N3O2. The van der Waals surface area contributed by atoms with Gasteiger partial charge in [0.25, 0.3) is 5.69 Å². The van der Waals surface area contributed by atoms with Gasteiger partial charge in [-0.2, -0.15) is 5.26 Å². The number of anilines is 1. The van der Waals surface area contributed by atoms with Gasteiger partial charge in [-0.1, -0.05) is 18.2 Å². The molecule has 0 saturated heterocycles. The Morgan fingerprint density at radius 1 is 1.25 bits per heavy atom. The zero-order valence-electron chi connectivity index (χ0n) is 11.0. The van der Waals surface area contributed by atoms with Gasteiger partial charge >= 0.3 is 0 Å². The molecule has 2 rings (SSSR count). The molecule has 0 heterocycles. The number of hydrogen-bond acceptors (Lipinski definition) is 4. The zero-order chi connectivity index (χ0) is 14.5. The summed E-state index contributed by atoms with van der Waals surface area (Å²) >= 11 is 0. The molecule has 2 aromatic rings. The number of aryl methyl sites for hydroxylation is 1. The summed E-state index contributed by atoms with van der Waals surface area (Å²) in [6.45, 7) is 2.44. The van der Waals surface area contributed by atoms with Crippen LogP contribution in [0.1, 0.15) is 16.7 Å². The lowest BCUT2D eigenvalue weighted by molar-refractivity contribution is -0.384. The van der Waals surface area contributed by atoms with Crippen LogP contribution in [0, 0.1) is 28.4 Å². The van der Waals surface area contributed by atoms with Gasteiger partial charge in [0.15, 0.2) is 0 Å². The molecule has 0 aromatic heterocycles. The van der Waals surface area contributed by atoms with Crippen molar-refractivity contribution in [2.24, 2.45) is 0 Å². The SMILES string of the molecule is Cc1ccc(NCc2ccc([N+](=O)[O-])cc2)c(C#N)c1. The van der Waals surface area contributed by atoms with E-state index in [2.05, 4.69) is 11.4 Å². The lowest BCUT2D eigenvalue weighted by atomic mass is 10.1. The number of non-ortho nitro benzene ring substituents is 1. The summed E-state index contributed by atoms with van der Waals surface area (Å²) in [6, 6.07) is 14.1. The minimum absolute atomic E-state index is 0.0711. The molecule has 0 aliphatic carbocycles. The molecule has 20 heavy (non-hydrogen) atoms. The predicted octanol–water partition coefficient (Wildman–Crippen LogP) is 3.39. The molecule has 0 aliphatic heterocycles. The molecule has 5 nitrogen and oxygen atoms in total. The Kier molecular flexibility index (Phi) is 3.96. The Labute approximate surface area is 116 Å². The van der Waals surface area contributed by atoms with Crippen LogP contribution in [0.4, 0.5) is 11.4 Å². The first-order chi connectivity index (χ1) is 9.60. The van der Waals surface area contributed by atoms with Gasteiger partial charge in [-0.15, -0.1) is 0 Å². The van der Waals surface area contributed by atoms with Crippen molar-refractivity contribution < 1.29 is 4.92 Å². The zero-order valence-corrected chi connectivity index (χ0v) is 11.0. The van der Waals surface area contributed by atoms with Gasteiger partial charge in [0.05, 0.1) is 16.2 Å². The maximum atomic E-state index is 10.6. The third-order valence-electron chi connectivity index (χ3n) is 2.93. The van der Waals surface area contributed by atoms with E-state index in [1.165, 1.54) is 12.1 Å². The maximum Gasteiger partial charge on any atom is 0.269 e.